The van der Waals surface area contributed by atoms with Gasteiger partial charge in [0.1, 0.15) is 5.92 Å². The minimum Gasteiger partial charge on any atom is -0.465 e. The number of hydrogen-bond donors (Lipinski definition) is 1. The molecule has 1 amide bonds. The van der Waals surface area contributed by atoms with Gasteiger partial charge in [-0.05, 0) is 43.9 Å². The molecule has 0 saturated heterocycles. The summed E-state index contributed by atoms with van der Waals surface area (Å²) in [5.74, 6) is -2.02. The van der Waals surface area contributed by atoms with Crippen molar-refractivity contribution < 1.29 is 14.3 Å². The zero-order chi connectivity index (χ0) is 14.3. The highest BCUT2D eigenvalue weighted by Crippen LogP contribution is 2.15. The number of ether oxygens (including phenoxy) is 1. The third-order valence-electron chi connectivity index (χ3n) is 2.79. The van der Waals surface area contributed by atoms with Gasteiger partial charge in [-0.15, -0.1) is 0 Å². The molecule has 104 valence electrons. The molecule has 0 aliphatic heterocycles. The van der Waals surface area contributed by atoms with Crippen molar-refractivity contribution in [2.45, 2.75) is 26.2 Å². The molecule has 0 spiro atoms. The van der Waals surface area contributed by atoms with Crippen LogP contribution in [0.4, 0.5) is 0 Å². The highest BCUT2D eigenvalue weighted by molar-refractivity contribution is 6.30. The number of hydrogen-bond acceptors (Lipinski definition) is 3. The number of esters is 1. The van der Waals surface area contributed by atoms with Gasteiger partial charge in [0.15, 0.2) is 0 Å². The number of primary amides is 1. The Labute approximate surface area is 117 Å². The summed E-state index contributed by atoms with van der Waals surface area (Å²) in [4.78, 5) is 22.7. The van der Waals surface area contributed by atoms with Crippen LogP contribution in [0.1, 0.15) is 25.3 Å². The van der Waals surface area contributed by atoms with E-state index in [4.69, 9.17) is 22.1 Å². The molecule has 2 N–H and O–H groups in total. The van der Waals surface area contributed by atoms with Crippen LogP contribution in [0.25, 0.3) is 0 Å². The van der Waals surface area contributed by atoms with Crippen LogP contribution >= 0.6 is 11.6 Å². The number of benzene rings is 1. The standard InChI is InChI=1S/C14H18ClNO3/c1-2-19-14(18)12(13(16)17)5-3-4-10-6-8-11(15)9-7-10/h6-9,12H,2-5H2,1H3,(H2,16,17). The average Bonchev–Trinajstić information content (AvgIpc) is 2.36. The lowest BCUT2D eigenvalue weighted by Crippen LogP contribution is -2.31. The first kappa shape index (κ1) is 15.5. The topological polar surface area (TPSA) is 69.4 Å². The summed E-state index contributed by atoms with van der Waals surface area (Å²) in [7, 11) is 0. The minimum atomic E-state index is -0.854. The van der Waals surface area contributed by atoms with E-state index in [9.17, 15) is 9.59 Å². The quantitative estimate of drug-likeness (QED) is 0.617. The summed E-state index contributed by atoms with van der Waals surface area (Å²) < 4.78 is 4.83. The maximum absolute atomic E-state index is 11.5. The van der Waals surface area contributed by atoms with Gasteiger partial charge in [-0.1, -0.05) is 23.7 Å². The number of carbonyl (C=O) groups is 2. The molecule has 1 aromatic carbocycles. The number of aryl methyl sites for hydroxylation is 1. The molecule has 5 heteroatoms. The van der Waals surface area contributed by atoms with E-state index < -0.39 is 17.8 Å². The largest absolute Gasteiger partial charge is 0.465 e. The fraction of sp³-hybridized carbons (Fsp3) is 0.429. The van der Waals surface area contributed by atoms with Crippen molar-refractivity contribution in [1.29, 1.82) is 0 Å². The van der Waals surface area contributed by atoms with Gasteiger partial charge < -0.3 is 10.5 Å². The maximum atomic E-state index is 11.5. The van der Waals surface area contributed by atoms with Crippen molar-refractivity contribution in [3.63, 3.8) is 0 Å². The first-order valence-corrected chi connectivity index (χ1v) is 6.62. The Morgan fingerprint density at radius 2 is 1.95 bits per heavy atom. The molecule has 1 unspecified atom stereocenters. The lowest BCUT2D eigenvalue weighted by molar-refractivity contribution is -0.151. The monoisotopic (exact) mass is 283 g/mol. The van der Waals surface area contributed by atoms with Crippen LogP contribution in [0.15, 0.2) is 24.3 Å². The normalized spacial score (nSPS) is 11.9. The van der Waals surface area contributed by atoms with Crippen molar-refractivity contribution in [3.05, 3.63) is 34.9 Å². The number of amides is 1. The first-order chi connectivity index (χ1) is 9.04. The van der Waals surface area contributed by atoms with Crippen molar-refractivity contribution in [2.24, 2.45) is 11.7 Å². The Morgan fingerprint density at radius 1 is 1.32 bits per heavy atom. The zero-order valence-corrected chi connectivity index (χ0v) is 11.7. The molecule has 0 heterocycles. The van der Waals surface area contributed by atoms with Crippen LogP contribution in [0, 0.1) is 5.92 Å². The van der Waals surface area contributed by atoms with Gasteiger partial charge in [0.2, 0.25) is 5.91 Å². The van der Waals surface area contributed by atoms with Gasteiger partial charge >= 0.3 is 5.97 Å². The Balaban J connectivity index is 2.46. The van der Waals surface area contributed by atoms with Crippen LogP contribution in [-0.4, -0.2) is 18.5 Å². The molecule has 0 aromatic heterocycles. The number of nitrogens with two attached hydrogens (primary N) is 1. The second-order valence-electron chi connectivity index (χ2n) is 4.23. The summed E-state index contributed by atoms with van der Waals surface area (Å²) >= 11 is 5.79. The predicted molar refractivity (Wildman–Crippen MR) is 73.7 cm³/mol. The lowest BCUT2D eigenvalue weighted by atomic mass is 9.99. The number of carbonyl (C=O) groups excluding carboxylic acids is 2. The van der Waals surface area contributed by atoms with Crippen LogP contribution in [-0.2, 0) is 20.7 Å². The molecule has 0 bridgehead atoms. The fourth-order valence-electron chi connectivity index (χ4n) is 1.78. The van der Waals surface area contributed by atoms with E-state index in [-0.39, 0.29) is 6.61 Å². The summed E-state index contributed by atoms with van der Waals surface area (Å²) in [6.07, 6.45) is 1.85. The Morgan fingerprint density at radius 3 is 2.47 bits per heavy atom. The minimum absolute atomic E-state index is 0.250. The van der Waals surface area contributed by atoms with E-state index >= 15 is 0 Å². The Hall–Kier alpha value is -1.55. The molecular weight excluding hydrogens is 266 g/mol. The Bertz CT molecular complexity index is 431. The van der Waals surface area contributed by atoms with E-state index in [1.165, 1.54) is 0 Å². The van der Waals surface area contributed by atoms with Crippen LogP contribution in [0.2, 0.25) is 5.02 Å². The van der Waals surface area contributed by atoms with Crippen molar-refractivity contribution in [1.82, 2.24) is 0 Å². The van der Waals surface area contributed by atoms with Gasteiger partial charge in [-0.2, -0.15) is 0 Å². The Kier molecular flexibility index (Phi) is 6.36. The van der Waals surface area contributed by atoms with Gasteiger partial charge in [-0.3, -0.25) is 9.59 Å². The summed E-state index contributed by atoms with van der Waals surface area (Å²) in [6, 6.07) is 7.47. The smallest absolute Gasteiger partial charge is 0.318 e. The van der Waals surface area contributed by atoms with Gasteiger partial charge in [0, 0.05) is 5.02 Å². The summed E-state index contributed by atoms with van der Waals surface area (Å²) in [5.41, 5.74) is 6.32. The number of rotatable bonds is 7. The summed E-state index contributed by atoms with van der Waals surface area (Å²) in [6.45, 7) is 1.95. The van der Waals surface area contributed by atoms with Gasteiger partial charge in [0.05, 0.1) is 6.61 Å². The van der Waals surface area contributed by atoms with Crippen LogP contribution in [0.3, 0.4) is 0 Å². The van der Waals surface area contributed by atoms with E-state index in [1.807, 2.05) is 24.3 Å². The molecule has 1 aromatic rings. The van der Waals surface area contributed by atoms with E-state index in [1.54, 1.807) is 6.92 Å². The number of halogens is 1. The third kappa shape index (κ3) is 5.30. The molecule has 0 aliphatic rings. The molecule has 0 fully saturated rings. The van der Waals surface area contributed by atoms with E-state index in [0.717, 1.165) is 12.0 Å². The SMILES string of the molecule is CCOC(=O)C(CCCc1ccc(Cl)cc1)C(N)=O. The van der Waals surface area contributed by atoms with E-state index in [2.05, 4.69) is 0 Å². The molecule has 19 heavy (non-hydrogen) atoms. The summed E-state index contributed by atoms with van der Waals surface area (Å²) in [5, 5.41) is 0.685. The van der Waals surface area contributed by atoms with E-state index in [0.29, 0.717) is 17.9 Å². The second kappa shape index (κ2) is 7.79. The van der Waals surface area contributed by atoms with Crippen molar-refractivity contribution in [2.75, 3.05) is 6.61 Å². The van der Waals surface area contributed by atoms with Gasteiger partial charge in [-0.25, -0.2) is 0 Å². The zero-order valence-electron chi connectivity index (χ0n) is 10.9. The lowest BCUT2D eigenvalue weighted by Gasteiger charge is -2.11. The van der Waals surface area contributed by atoms with Crippen LogP contribution < -0.4 is 5.73 Å². The highest BCUT2D eigenvalue weighted by Gasteiger charge is 2.24. The van der Waals surface area contributed by atoms with Gasteiger partial charge in [0.25, 0.3) is 0 Å². The van der Waals surface area contributed by atoms with Crippen molar-refractivity contribution in [3.8, 4) is 0 Å². The molecular formula is C14H18ClNO3. The first-order valence-electron chi connectivity index (χ1n) is 6.25. The maximum Gasteiger partial charge on any atom is 0.318 e. The molecule has 0 saturated carbocycles. The average molecular weight is 284 g/mol. The molecule has 0 radical (unpaired) electrons. The van der Waals surface area contributed by atoms with Crippen molar-refractivity contribution >= 4 is 23.5 Å². The van der Waals surface area contributed by atoms with Crippen LogP contribution in [0.5, 0.6) is 0 Å². The molecule has 0 aliphatic carbocycles. The third-order valence-corrected chi connectivity index (χ3v) is 3.04. The molecule has 1 atom stereocenters. The molecule has 4 nitrogen and oxygen atoms in total. The highest BCUT2D eigenvalue weighted by atomic mass is 35.5. The molecule has 1 rings (SSSR count). The fourth-order valence-corrected chi connectivity index (χ4v) is 1.91. The second-order valence-corrected chi connectivity index (χ2v) is 4.66. The predicted octanol–water partition coefficient (Wildman–Crippen LogP) is 2.33.